The average Bonchev–Trinajstić information content (AvgIpc) is 1.78. The predicted octanol–water partition coefficient (Wildman–Crippen LogP) is -2.38. The third-order valence-corrected chi connectivity index (χ3v) is 19.2. The van der Waals surface area contributed by atoms with Crippen molar-refractivity contribution in [2.24, 2.45) is 11.7 Å². The zero-order chi connectivity index (χ0) is 74.1. The van der Waals surface area contributed by atoms with Gasteiger partial charge in [0.1, 0.15) is 42.0 Å². The van der Waals surface area contributed by atoms with Crippen LogP contribution in [-0.2, 0) is 50.4 Å². The zero-order valence-corrected chi connectivity index (χ0v) is 57.4. The quantitative estimate of drug-likeness (QED) is 0.0408. The molecule has 0 bridgehead atoms. The Kier molecular flexibility index (Phi) is 24.3. The van der Waals surface area contributed by atoms with Crippen molar-refractivity contribution in [1.82, 2.24) is 51.7 Å². The average molecular weight is 1450 g/mol. The van der Waals surface area contributed by atoms with Gasteiger partial charge in [-0.3, -0.25) is 42.9 Å². The number of piperazine rings is 1. The van der Waals surface area contributed by atoms with Gasteiger partial charge in [0.25, 0.3) is 5.91 Å². The summed E-state index contributed by atoms with van der Waals surface area (Å²) in [6.07, 6.45) is -8.28. The lowest BCUT2D eigenvalue weighted by molar-refractivity contribution is -0.147. The largest absolute Gasteiger partial charge is 0.504 e. The number of primary amides is 1. The Morgan fingerprint density at radius 2 is 1.37 bits per heavy atom. The van der Waals surface area contributed by atoms with Crippen LogP contribution in [0, 0.1) is 5.92 Å². The summed E-state index contributed by atoms with van der Waals surface area (Å²) in [4.78, 5) is 131. The molecule has 5 aliphatic rings. The predicted molar refractivity (Wildman–Crippen MR) is 369 cm³/mol. The van der Waals surface area contributed by atoms with Crippen LogP contribution >= 0.6 is 0 Å². The summed E-state index contributed by atoms with van der Waals surface area (Å²) in [5.74, 6) is -10.9. The van der Waals surface area contributed by atoms with Gasteiger partial charge in [-0.25, -0.2) is 9.97 Å². The van der Waals surface area contributed by atoms with Gasteiger partial charge in [-0.2, -0.15) is 8.42 Å². The fourth-order valence-electron chi connectivity index (χ4n) is 13.3. The third-order valence-electron chi connectivity index (χ3n) is 18.8. The fraction of sp³-hybridized carbons (Fsp3) is 0.449. The lowest BCUT2D eigenvalue weighted by Crippen LogP contribution is -2.64. The molecule has 16 N–H and O–H groups in total. The Balaban J connectivity index is 0.927. The summed E-state index contributed by atoms with van der Waals surface area (Å²) in [6, 6.07) is 11.5. The van der Waals surface area contributed by atoms with E-state index in [1.165, 1.54) is 6.92 Å². The lowest BCUT2D eigenvalue weighted by Gasteiger charge is -2.37. The van der Waals surface area contributed by atoms with Crippen LogP contribution in [0.15, 0.2) is 103 Å². The Hall–Kier alpha value is -9.91. The molecular formula is C69H85N13O20S. The molecule has 103 heavy (non-hydrogen) atoms. The number of aromatic hydroxyl groups is 1. The molecular weight excluding hydrogens is 1360 g/mol. The minimum absolute atomic E-state index is 0.0735. The van der Waals surface area contributed by atoms with Crippen molar-refractivity contribution in [3.63, 3.8) is 0 Å². The van der Waals surface area contributed by atoms with Crippen LogP contribution in [0.1, 0.15) is 67.9 Å². The number of aliphatic hydroxyl groups is 6. The van der Waals surface area contributed by atoms with E-state index in [0.717, 1.165) is 94.9 Å². The number of carbonyl (C=O) groups is 8. The number of amides is 8. The molecule has 4 fully saturated rings. The second-order valence-electron chi connectivity index (χ2n) is 26.2. The molecule has 552 valence electrons. The molecule has 10 rings (SSSR count). The number of phenolic OH excluding ortho intramolecular Hbond substituents is 1. The topological polar surface area (TPSA) is 488 Å². The number of anilines is 2. The molecule has 5 aliphatic heterocycles. The number of phenols is 1. The smallest absolute Gasteiger partial charge is 0.446 e. The molecule has 13 atom stereocenters. The van der Waals surface area contributed by atoms with Crippen LogP contribution in [0.2, 0.25) is 0 Å². The number of fused-ring (bicyclic) bond motifs is 2. The van der Waals surface area contributed by atoms with Gasteiger partial charge in [-0.1, -0.05) is 49.4 Å². The van der Waals surface area contributed by atoms with E-state index in [9.17, 15) is 82.3 Å². The van der Waals surface area contributed by atoms with Gasteiger partial charge in [0.15, 0.2) is 17.3 Å². The van der Waals surface area contributed by atoms with Crippen molar-refractivity contribution >= 4 is 74.6 Å². The molecule has 34 heteroatoms. The van der Waals surface area contributed by atoms with Crippen molar-refractivity contribution in [3.05, 3.63) is 120 Å². The molecule has 33 nitrogen and oxygen atoms in total. The molecule has 0 spiro atoms. The first-order valence-corrected chi connectivity index (χ1v) is 35.1. The van der Waals surface area contributed by atoms with Crippen LogP contribution in [0.3, 0.4) is 0 Å². The monoisotopic (exact) mass is 1450 g/mol. The van der Waals surface area contributed by atoms with Crippen LogP contribution in [0.4, 0.5) is 11.4 Å². The molecule has 8 amide bonds. The number of nitrogens with two attached hydrogens (primary N) is 1. The van der Waals surface area contributed by atoms with E-state index in [4.69, 9.17) is 20.4 Å². The van der Waals surface area contributed by atoms with E-state index in [1.807, 2.05) is 55.5 Å². The summed E-state index contributed by atoms with van der Waals surface area (Å²) in [7, 11) is -5.25. The number of ether oxygens (including phenoxy) is 1. The van der Waals surface area contributed by atoms with Gasteiger partial charge in [-0.05, 0) is 103 Å². The van der Waals surface area contributed by atoms with E-state index in [2.05, 4.69) is 58.0 Å². The SMILES string of the molecule is CCOc1ccc(N2CCN(c3cnc(-c4ccc(-c5ccc(C(=O)N[C@H]6C[C@@H](O)CNC(=O)[C@@H]7[C@@H](O)[C@@H](C)CN7C(=O)[C@H]([C@H](O)CC(N)=O)NC(=O)[C@H]([C@H](O)Cc7ccc(O)c(OS(=O)(=O)O)c7)NC(=O)[C@@H]7C[C@@H](O)CN7C(=O)[C@H]([C@@H](C)O)NC6=O)c(C6=CCNCC6)c5)cc4)nc3)CC2)cc1. The van der Waals surface area contributed by atoms with Crippen LogP contribution in [0.25, 0.3) is 28.1 Å². The number of hydrogen-bond donors (Lipinski definition) is 15. The molecule has 1 aromatic heterocycles. The normalized spacial score (nSPS) is 25.1. The number of aliphatic hydroxyl groups excluding tert-OH is 6. The first-order chi connectivity index (χ1) is 49.0. The molecule has 0 aliphatic carbocycles. The van der Waals surface area contributed by atoms with Crippen molar-refractivity contribution in [1.29, 1.82) is 0 Å². The molecule has 4 aromatic carbocycles. The van der Waals surface area contributed by atoms with Crippen LogP contribution in [-0.4, -0.2) is 254 Å². The molecule has 5 aromatic rings. The molecule has 6 heterocycles. The Morgan fingerprint density at radius 3 is 2.01 bits per heavy atom. The standard InChI is InChI=1S/C69H85N13O20S/c1-4-101-47-13-11-43(12-14-47)79-21-23-80(24-22-79)44-31-72-62(73-32-44)41-8-6-39(7-9-41)42-10-15-48(49(27-42)40-17-19-71-20-18-40)63(91)75-50-28-45(84)33-74-67(95)60-61(90)36(2)34-82(60)69(97)59(54(88)30-56(70)89)78-66(94)58(53(87)25-38-5-16-52(86)55(26-38)102-103(98,99)100)77-65(93)51-29-46(85)35-81(51)68(96)57(37(3)83)76-64(50)92/h5-17,26-27,31-32,36-37,45-46,50-51,53-54,57-61,71,83-88,90H,4,18-25,28-30,33-35H2,1-3H3,(H2,70,89)(H,74,95)(H,75,91)(H,76,92)(H,77,93)(H,78,94)(H,98,99,100)/t36-,37+,45+,46+,50-,51-,53+,54+,57-,58-,59-,60-,61-/m0/s1. The van der Waals surface area contributed by atoms with Crippen LogP contribution < -0.4 is 56.4 Å². The van der Waals surface area contributed by atoms with Crippen molar-refractivity contribution in [2.45, 2.75) is 126 Å². The second-order valence-corrected chi connectivity index (χ2v) is 27.2. The highest BCUT2D eigenvalue weighted by Gasteiger charge is 2.50. The number of nitrogens with one attached hydrogen (secondary N) is 6. The minimum Gasteiger partial charge on any atom is -0.504 e. The first kappa shape index (κ1) is 75.7. The highest BCUT2D eigenvalue weighted by atomic mass is 32.3. The lowest BCUT2D eigenvalue weighted by atomic mass is 9.91. The van der Waals surface area contributed by atoms with Crippen molar-refractivity contribution in [2.75, 3.05) is 75.3 Å². The Morgan fingerprint density at radius 1 is 0.728 bits per heavy atom. The molecule has 0 radical (unpaired) electrons. The summed E-state index contributed by atoms with van der Waals surface area (Å²) < 4.78 is 42.6. The summed E-state index contributed by atoms with van der Waals surface area (Å²) in [5, 5.41) is 94.7. The number of rotatable bonds is 18. The van der Waals surface area contributed by atoms with E-state index in [-0.39, 0.29) is 11.1 Å². The van der Waals surface area contributed by atoms with E-state index in [1.54, 1.807) is 24.5 Å². The third kappa shape index (κ3) is 18.5. The van der Waals surface area contributed by atoms with Gasteiger partial charge in [-0.15, -0.1) is 0 Å². The highest BCUT2D eigenvalue weighted by Crippen LogP contribution is 2.34. The maximum atomic E-state index is 15.0. The van der Waals surface area contributed by atoms with Gasteiger partial charge in [0, 0.05) is 94.4 Å². The van der Waals surface area contributed by atoms with Gasteiger partial charge in [0.05, 0.1) is 67.7 Å². The maximum absolute atomic E-state index is 15.0. The zero-order valence-electron chi connectivity index (χ0n) is 56.6. The molecule has 4 saturated heterocycles. The fourth-order valence-corrected chi connectivity index (χ4v) is 13.7. The van der Waals surface area contributed by atoms with Gasteiger partial charge < -0.3 is 102 Å². The van der Waals surface area contributed by atoms with Crippen LogP contribution in [0.5, 0.6) is 17.2 Å². The van der Waals surface area contributed by atoms with Crippen molar-refractivity contribution in [3.8, 4) is 39.8 Å². The molecule has 0 saturated carbocycles. The Bertz CT molecular complexity index is 4090. The number of β-amino-alcohol motifs (C(OH)–C–C–N with tert-alkyl or cyclic N) is 1. The van der Waals surface area contributed by atoms with E-state index >= 15 is 4.79 Å². The number of carbonyl (C=O) groups excluding carboxylic acids is 8. The maximum Gasteiger partial charge on any atom is 0.446 e. The first-order valence-electron chi connectivity index (χ1n) is 33.7. The second kappa shape index (κ2) is 33.0. The minimum atomic E-state index is -5.25. The van der Waals surface area contributed by atoms with Gasteiger partial charge in [0.2, 0.25) is 41.4 Å². The summed E-state index contributed by atoms with van der Waals surface area (Å²) in [5.41, 5.74) is 10.8. The van der Waals surface area contributed by atoms with E-state index in [0.29, 0.717) is 43.1 Å². The highest BCUT2D eigenvalue weighted by molar-refractivity contribution is 7.81. The summed E-state index contributed by atoms with van der Waals surface area (Å²) in [6.45, 7) is 7.42. The number of aromatic nitrogens is 2. The van der Waals surface area contributed by atoms with E-state index < -0.39 is 193 Å². The Labute approximate surface area is 592 Å². The number of benzene rings is 4. The van der Waals surface area contributed by atoms with Gasteiger partial charge >= 0.3 is 10.4 Å². The summed E-state index contributed by atoms with van der Waals surface area (Å²) >= 11 is 0. The van der Waals surface area contributed by atoms with Crippen molar-refractivity contribution < 1.29 is 96.0 Å². The number of hydrogen-bond acceptors (Lipinski definition) is 24. The number of nitrogens with zero attached hydrogens (tertiary/aromatic N) is 6. The molecule has 0 unspecified atom stereocenters.